The fourth-order valence-electron chi connectivity index (χ4n) is 2.07. The Hall–Kier alpha value is -3.21. The number of fused-ring (bicyclic) bond motifs is 1. The van der Waals surface area contributed by atoms with Crippen molar-refractivity contribution in [1.29, 1.82) is 0 Å². The van der Waals surface area contributed by atoms with Crippen molar-refractivity contribution in [1.82, 2.24) is 10.4 Å². The van der Waals surface area contributed by atoms with Crippen molar-refractivity contribution in [2.24, 2.45) is 5.10 Å². The summed E-state index contributed by atoms with van der Waals surface area (Å²) in [6.45, 7) is -0.0912. The Bertz CT molecular complexity index is 832. The topological polar surface area (TPSA) is 63.6 Å². The number of hydrogen-bond acceptors (Lipinski definition) is 4. The molecular formula is C18H15N3O2. The van der Waals surface area contributed by atoms with Crippen molar-refractivity contribution < 1.29 is 9.53 Å². The summed E-state index contributed by atoms with van der Waals surface area (Å²) in [6.07, 6.45) is 4.87. The van der Waals surface area contributed by atoms with Crippen LogP contribution in [0.1, 0.15) is 5.56 Å². The summed E-state index contributed by atoms with van der Waals surface area (Å²) in [5.74, 6) is 0.334. The lowest BCUT2D eigenvalue weighted by Gasteiger charge is -2.06. The molecule has 5 nitrogen and oxygen atoms in total. The maximum absolute atomic E-state index is 11.7. The second-order valence-corrected chi connectivity index (χ2v) is 4.87. The quantitative estimate of drug-likeness (QED) is 0.582. The number of nitrogens with zero attached hydrogens (tertiary/aromatic N) is 2. The van der Waals surface area contributed by atoms with Crippen LogP contribution in [0.2, 0.25) is 0 Å². The van der Waals surface area contributed by atoms with Crippen LogP contribution < -0.4 is 10.2 Å². The molecule has 0 atom stereocenters. The maximum atomic E-state index is 11.7. The van der Waals surface area contributed by atoms with Crippen LogP contribution in [0, 0.1) is 0 Å². The van der Waals surface area contributed by atoms with E-state index in [0.29, 0.717) is 5.75 Å². The highest BCUT2D eigenvalue weighted by atomic mass is 16.5. The molecule has 0 spiro atoms. The monoisotopic (exact) mass is 305 g/mol. The molecule has 0 saturated heterocycles. The number of nitrogens with one attached hydrogen (secondary N) is 1. The highest BCUT2D eigenvalue weighted by Crippen LogP contribution is 2.20. The van der Waals surface area contributed by atoms with E-state index in [-0.39, 0.29) is 12.5 Å². The third-order valence-corrected chi connectivity index (χ3v) is 3.20. The second-order valence-electron chi connectivity index (χ2n) is 4.87. The van der Waals surface area contributed by atoms with Gasteiger partial charge in [0, 0.05) is 12.4 Å². The number of benzene rings is 2. The van der Waals surface area contributed by atoms with Crippen molar-refractivity contribution in [2.75, 3.05) is 6.61 Å². The largest absolute Gasteiger partial charge is 0.484 e. The van der Waals surface area contributed by atoms with Gasteiger partial charge >= 0.3 is 0 Å². The highest BCUT2D eigenvalue weighted by molar-refractivity contribution is 5.84. The van der Waals surface area contributed by atoms with Crippen LogP contribution in [0.3, 0.4) is 0 Å². The molecule has 0 aliphatic heterocycles. The van der Waals surface area contributed by atoms with Crippen LogP contribution >= 0.6 is 0 Å². The van der Waals surface area contributed by atoms with E-state index < -0.39 is 0 Å². The van der Waals surface area contributed by atoms with E-state index in [1.165, 1.54) is 0 Å². The fourth-order valence-corrected chi connectivity index (χ4v) is 2.07. The van der Waals surface area contributed by atoms with Gasteiger partial charge in [0.05, 0.1) is 6.21 Å². The number of hydrazone groups is 1. The van der Waals surface area contributed by atoms with Gasteiger partial charge in [0.25, 0.3) is 5.91 Å². The molecule has 0 radical (unpaired) electrons. The molecule has 2 aromatic carbocycles. The zero-order chi connectivity index (χ0) is 15.9. The van der Waals surface area contributed by atoms with Gasteiger partial charge in [0.2, 0.25) is 0 Å². The molecule has 1 amide bonds. The summed E-state index contributed by atoms with van der Waals surface area (Å²) in [4.78, 5) is 15.6. The van der Waals surface area contributed by atoms with Gasteiger partial charge in [0.1, 0.15) is 5.75 Å². The van der Waals surface area contributed by atoms with E-state index in [1.54, 1.807) is 30.7 Å². The lowest BCUT2D eigenvalue weighted by atomic mass is 10.1. The Morgan fingerprint density at radius 3 is 2.70 bits per heavy atom. The summed E-state index contributed by atoms with van der Waals surface area (Å²) in [5, 5.41) is 6.07. The van der Waals surface area contributed by atoms with Crippen LogP contribution in [-0.2, 0) is 4.79 Å². The highest BCUT2D eigenvalue weighted by Gasteiger charge is 2.02. The van der Waals surface area contributed by atoms with Gasteiger partial charge in [-0.05, 0) is 40.6 Å². The molecule has 0 aliphatic rings. The summed E-state index contributed by atoms with van der Waals surface area (Å²) in [5.41, 5.74) is 3.28. The Kier molecular flexibility index (Phi) is 4.59. The number of amides is 1. The van der Waals surface area contributed by atoms with Gasteiger partial charge < -0.3 is 4.74 Å². The first kappa shape index (κ1) is 14.7. The second kappa shape index (κ2) is 7.17. The Morgan fingerprint density at radius 1 is 1.09 bits per heavy atom. The van der Waals surface area contributed by atoms with Crippen molar-refractivity contribution in [3.05, 3.63) is 72.6 Å². The number of ether oxygens (including phenoxy) is 1. The van der Waals surface area contributed by atoms with Crippen LogP contribution in [0.15, 0.2) is 72.1 Å². The van der Waals surface area contributed by atoms with Crippen molar-refractivity contribution in [3.8, 4) is 5.75 Å². The summed E-state index contributed by atoms with van der Waals surface area (Å²) in [7, 11) is 0. The number of rotatable bonds is 5. The molecule has 0 fully saturated rings. The number of pyridine rings is 1. The lowest BCUT2D eigenvalue weighted by molar-refractivity contribution is -0.123. The third-order valence-electron chi connectivity index (χ3n) is 3.20. The molecule has 0 aliphatic carbocycles. The molecule has 23 heavy (non-hydrogen) atoms. The molecule has 5 heteroatoms. The van der Waals surface area contributed by atoms with Crippen molar-refractivity contribution in [2.45, 2.75) is 0 Å². The average Bonchev–Trinajstić information content (AvgIpc) is 2.61. The number of carbonyl (C=O) groups is 1. The zero-order valence-electron chi connectivity index (χ0n) is 12.3. The van der Waals surface area contributed by atoms with Gasteiger partial charge in [0.15, 0.2) is 6.61 Å². The molecule has 0 unspecified atom stereocenters. The zero-order valence-corrected chi connectivity index (χ0v) is 12.3. The Morgan fingerprint density at radius 2 is 1.87 bits per heavy atom. The summed E-state index contributed by atoms with van der Waals surface area (Å²) < 4.78 is 5.48. The van der Waals surface area contributed by atoms with Gasteiger partial charge in [-0.15, -0.1) is 0 Å². The predicted molar refractivity (Wildman–Crippen MR) is 89.4 cm³/mol. The van der Waals surface area contributed by atoms with Crippen LogP contribution in [0.25, 0.3) is 10.8 Å². The minimum atomic E-state index is -0.316. The first-order valence-corrected chi connectivity index (χ1v) is 7.15. The van der Waals surface area contributed by atoms with E-state index in [4.69, 9.17) is 4.74 Å². The van der Waals surface area contributed by atoms with Gasteiger partial charge in [-0.1, -0.05) is 30.3 Å². The van der Waals surface area contributed by atoms with Gasteiger partial charge in [-0.3, -0.25) is 9.78 Å². The minimum Gasteiger partial charge on any atom is -0.484 e. The molecule has 0 saturated carbocycles. The number of hydrogen-bond donors (Lipinski definition) is 1. The van der Waals surface area contributed by atoms with Gasteiger partial charge in [-0.25, -0.2) is 5.43 Å². The molecule has 3 aromatic rings. The first-order chi connectivity index (χ1) is 11.3. The smallest absolute Gasteiger partial charge is 0.277 e. The van der Waals surface area contributed by atoms with Crippen LogP contribution in [0.4, 0.5) is 0 Å². The van der Waals surface area contributed by atoms with E-state index >= 15 is 0 Å². The SMILES string of the molecule is O=C(COc1ccc2ccccc2c1)N/N=C/c1ccncc1. The van der Waals surface area contributed by atoms with Crippen molar-refractivity contribution in [3.63, 3.8) is 0 Å². The van der Waals surface area contributed by atoms with E-state index in [1.807, 2.05) is 42.5 Å². The molecule has 1 aromatic heterocycles. The van der Waals surface area contributed by atoms with Gasteiger partial charge in [-0.2, -0.15) is 5.10 Å². The summed E-state index contributed by atoms with van der Waals surface area (Å²) in [6, 6.07) is 17.3. The molecule has 0 bridgehead atoms. The third kappa shape index (κ3) is 4.14. The first-order valence-electron chi connectivity index (χ1n) is 7.15. The van der Waals surface area contributed by atoms with Crippen molar-refractivity contribution >= 4 is 22.9 Å². The standard InChI is InChI=1S/C18H15N3O2/c22-18(21-20-12-14-7-9-19-10-8-14)13-23-17-6-5-15-3-1-2-4-16(15)11-17/h1-12H,13H2,(H,21,22)/b20-12+. The predicted octanol–water partition coefficient (Wildman–Crippen LogP) is 2.76. The minimum absolute atomic E-state index is 0.0912. The normalized spacial score (nSPS) is 10.8. The van der Waals surface area contributed by atoms with Crippen LogP contribution in [0.5, 0.6) is 5.75 Å². The number of carbonyl (C=O) groups excluding carboxylic acids is 1. The summed E-state index contributed by atoms with van der Waals surface area (Å²) >= 11 is 0. The Labute approximate surface area is 133 Å². The lowest BCUT2D eigenvalue weighted by Crippen LogP contribution is -2.24. The average molecular weight is 305 g/mol. The van der Waals surface area contributed by atoms with E-state index in [2.05, 4.69) is 15.5 Å². The Balaban J connectivity index is 1.52. The molecule has 3 rings (SSSR count). The maximum Gasteiger partial charge on any atom is 0.277 e. The van der Waals surface area contributed by atoms with E-state index in [9.17, 15) is 4.79 Å². The molecular weight excluding hydrogens is 290 g/mol. The molecule has 1 N–H and O–H groups in total. The van der Waals surface area contributed by atoms with E-state index in [0.717, 1.165) is 16.3 Å². The molecule has 114 valence electrons. The number of aromatic nitrogens is 1. The van der Waals surface area contributed by atoms with Crippen LogP contribution in [-0.4, -0.2) is 23.7 Å². The fraction of sp³-hybridized carbons (Fsp3) is 0.0556. The molecule has 1 heterocycles.